The van der Waals surface area contributed by atoms with Crippen LogP contribution >= 0.6 is 0 Å². The highest BCUT2D eigenvalue weighted by molar-refractivity contribution is 7.89. The molecule has 29 heavy (non-hydrogen) atoms. The molecule has 0 saturated heterocycles. The summed E-state index contributed by atoms with van der Waals surface area (Å²) in [5, 5.41) is 10.3. The van der Waals surface area contributed by atoms with Crippen molar-refractivity contribution in [1.82, 2.24) is 9.29 Å². The molecule has 0 radical (unpaired) electrons. The molecule has 0 spiro atoms. The summed E-state index contributed by atoms with van der Waals surface area (Å²) in [6, 6.07) is 13.0. The molecule has 2 aromatic carbocycles. The van der Waals surface area contributed by atoms with Crippen LogP contribution in [0.1, 0.15) is 30.5 Å². The highest BCUT2D eigenvalue weighted by Gasteiger charge is 2.27. The molecule has 3 rings (SSSR count). The number of nitriles is 1. The lowest BCUT2D eigenvalue weighted by Crippen LogP contribution is -2.41. The SMILES string of the molecule is Cc1cc(C)c(S(=O)(=O)N[C@H](Cn2cc(C#N)c3ccccc32)C(C)C)c(N)c1. The summed E-state index contributed by atoms with van der Waals surface area (Å²) < 4.78 is 31.1. The molecule has 0 aliphatic carbocycles. The van der Waals surface area contributed by atoms with E-state index in [4.69, 9.17) is 5.73 Å². The van der Waals surface area contributed by atoms with E-state index >= 15 is 0 Å². The number of anilines is 1. The Hall–Kier alpha value is -2.82. The summed E-state index contributed by atoms with van der Waals surface area (Å²) in [4.78, 5) is 0.129. The fourth-order valence-electron chi connectivity index (χ4n) is 3.70. The molecule has 0 fully saturated rings. The third kappa shape index (κ3) is 4.14. The number of aromatic nitrogens is 1. The van der Waals surface area contributed by atoms with Gasteiger partial charge < -0.3 is 10.3 Å². The van der Waals surface area contributed by atoms with E-state index in [1.54, 1.807) is 19.2 Å². The van der Waals surface area contributed by atoms with Gasteiger partial charge >= 0.3 is 0 Å². The Labute approximate surface area is 172 Å². The molecule has 0 bridgehead atoms. The number of hydrogen-bond acceptors (Lipinski definition) is 4. The molecular formula is C22H26N4O2S. The van der Waals surface area contributed by atoms with E-state index in [-0.39, 0.29) is 22.5 Å². The first-order chi connectivity index (χ1) is 13.6. The van der Waals surface area contributed by atoms with E-state index in [0.29, 0.717) is 17.7 Å². The monoisotopic (exact) mass is 410 g/mol. The number of rotatable bonds is 6. The lowest BCUT2D eigenvalue weighted by Gasteiger charge is -2.24. The molecule has 0 saturated carbocycles. The number of nitrogen functional groups attached to an aromatic ring is 1. The molecule has 3 N–H and O–H groups in total. The Balaban J connectivity index is 1.98. The molecule has 152 valence electrons. The Morgan fingerprint density at radius 2 is 1.90 bits per heavy atom. The van der Waals surface area contributed by atoms with E-state index in [1.165, 1.54) is 0 Å². The van der Waals surface area contributed by atoms with E-state index in [0.717, 1.165) is 16.5 Å². The number of fused-ring (bicyclic) bond motifs is 1. The maximum Gasteiger partial charge on any atom is 0.243 e. The van der Waals surface area contributed by atoms with Crippen molar-refractivity contribution in [3.05, 3.63) is 59.3 Å². The Morgan fingerprint density at radius 3 is 2.52 bits per heavy atom. The second-order valence-corrected chi connectivity index (χ2v) is 9.45. The zero-order chi connectivity index (χ0) is 21.3. The summed E-state index contributed by atoms with van der Waals surface area (Å²) in [5.41, 5.74) is 9.31. The first-order valence-corrected chi connectivity index (χ1v) is 11.0. The third-order valence-electron chi connectivity index (χ3n) is 5.13. The summed E-state index contributed by atoms with van der Waals surface area (Å²) >= 11 is 0. The number of benzene rings is 2. The van der Waals surface area contributed by atoms with Crippen molar-refractivity contribution in [1.29, 1.82) is 5.26 Å². The van der Waals surface area contributed by atoms with Gasteiger partial charge in [-0.15, -0.1) is 0 Å². The van der Waals surface area contributed by atoms with E-state index in [2.05, 4.69) is 10.8 Å². The van der Waals surface area contributed by atoms with Gasteiger partial charge in [-0.1, -0.05) is 38.1 Å². The van der Waals surface area contributed by atoms with Gasteiger partial charge in [0.05, 0.1) is 11.3 Å². The maximum atomic E-state index is 13.2. The number of sulfonamides is 1. The fourth-order valence-corrected chi connectivity index (χ4v) is 5.41. The van der Waals surface area contributed by atoms with Gasteiger partial charge in [0.1, 0.15) is 11.0 Å². The van der Waals surface area contributed by atoms with Crippen LogP contribution in [0.3, 0.4) is 0 Å². The maximum absolute atomic E-state index is 13.2. The van der Waals surface area contributed by atoms with Crippen molar-refractivity contribution >= 4 is 26.6 Å². The average molecular weight is 411 g/mol. The highest BCUT2D eigenvalue weighted by atomic mass is 32.2. The second kappa shape index (κ2) is 7.90. The van der Waals surface area contributed by atoms with Gasteiger partial charge in [0.25, 0.3) is 0 Å². The van der Waals surface area contributed by atoms with E-state index in [1.807, 2.05) is 55.7 Å². The molecule has 0 aliphatic heterocycles. The Morgan fingerprint density at radius 1 is 1.21 bits per heavy atom. The van der Waals surface area contributed by atoms with Gasteiger partial charge in [-0.2, -0.15) is 5.26 Å². The fraction of sp³-hybridized carbons (Fsp3) is 0.318. The largest absolute Gasteiger partial charge is 0.398 e. The number of nitrogens with one attached hydrogen (secondary N) is 1. The minimum Gasteiger partial charge on any atom is -0.398 e. The molecule has 1 atom stereocenters. The van der Waals surface area contributed by atoms with Crippen LogP contribution in [0.5, 0.6) is 0 Å². The van der Waals surface area contributed by atoms with Crippen molar-refractivity contribution in [2.24, 2.45) is 5.92 Å². The van der Waals surface area contributed by atoms with Gasteiger partial charge in [-0.05, 0) is 43.0 Å². The predicted octanol–water partition coefficient (Wildman–Crippen LogP) is 3.72. The Bertz CT molecular complexity index is 1180. The number of hydrogen-bond donors (Lipinski definition) is 2. The summed E-state index contributed by atoms with van der Waals surface area (Å²) in [7, 11) is -3.81. The quantitative estimate of drug-likeness (QED) is 0.605. The van der Waals surface area contributed by atoms with E-state index < -0.39 is 10.0 Å². The summed E-state index contributed by atoms with van der Waals surface area (Å²) in [6.45, 7) is 7.98. The molecule has 0 aliphatic rings. The molecule has 6 nitrogen and oxygen atoms in total. The van der Waals surface area contributed by atoms with Crippen LogP contribution in [-0.4, -0.2) is 19.0 Å². The molecular weight excluding hydrogens is 384 g/mol. The Kier molecular flexibility index (Phi) is 5.69. The number of para-hydroxylation sites is 1. The zero-order valence-corrected chi connectivity index (χ0v) is 17.9. The number of nitrogens with two attached hydrogens (primary N) is 1. The van der Waals surface area contributed by atoms with Gasteiger partial charge in [0, 0.05) is 29.7 Å². The minimum absolute atomic E-state index is 0.0310. The lowest BCUT2D eigenvalue weighted by atomic mass is 10.1. The molecule has 3 aromatic rings. The topological polar surface area (TPSA) is 101 Å². The molecule has 0 amide bonds. The van der Waals surface area contributed by atoms with Crippen LogP contribution in [0.15, 0.2) is 47.5 Å². The molecule has 0 unspecified atom stereocenters. The van der Waals surface area contributed by atoms with Gasteiger partial charge in [-0.3, -0.25) is 0 Å². The van der Waals surface area contributed by atoms with Crippen LogP contribution in [-0.2, 0) is 16.6 Å². The lowest BCUT2D eigenvalue weighted by molar-refractivity contribution is 0.403. The minimum atomic E-state index is -3.81. The number of nitrogens with zero attached hydrogens (tertiary/aromatic N) is 2. The predicted molar refractivity (Wildman–Crippen MR) is 116 cm³/mol. The van der Waals surface area contributed by atoms with Crippen LogP contribution in [0.4, 0.5) is 5.69 Å². The third-order valence-corrected chi connectivity index (χ3v) is 6.84. The first kappa shape index (κ1) is 20.9. The zero-order valence-electron chi connectivity index (χ0n) is 17.1. The van der Waals surface area contributed by atoms with Crippen LogP contribution in [0.25, 0.3) is 10.9 Å². The van der Waals surface area contributed by atoms with Crippen molar-refractivity contribution in [2.75, 3.05) is 5.73 Å². The molecule has 1 aromatic heterocycles. The summed E-state index contributed by atoms with van der Waals surface area (Å²) in [6.07, 6.45) is 1.78. The van der Waals surface area contributed by atoms with Crippen LogP contribution in [0.2, 0.25) is 0 Å². The van der Waals surface area contributed by atoms with Crippen LogP contribution < -0.4 is 10.5 Å². The normalized spacial score (nSPS) is 13.0. The standard InChI is InChI=1S/C22H26N4O2S/c1-14(2)20(13-26-12-17(11-23)18-7-5-6-8-21(18)26)25-29(27,28)22-16(4)9-15(3)10-19(22)24/h5-10,12,14,20,25H,13,24H2,1-4H3/t20-/m1/s1. The highest BCUT2D eigenvalue weighted by Crippen LogP contribution is 2.26. The second-order valence-electron chi connectivity index (χ2n) is 7.80. The van der Waals surface area contributed by atoms with E-state index in [9.17, 15) is 13.7 Å². The van der Waals surface area contributed by atoms with Crippen molar-refractivity contribution in [3.63, 3.8) is 0 Å². The van der Waals surface area contributed by atoms with Gasteiger partial charge in [0.2, 0.25) is 10.0 Å². The average Bonchev–Trinajstić information content (AvgIpc) is 2.97. The molecule has 7 heteroatoms. The first-order valence-electron chi connectivity index (χ1n) is 9.51. The van der Waals surface area contributed by atoms with Crippen molar-refractivity contribution < 1.29 is 8.42 Å². The number of aryl methyl sites for hydroxylation is 2. The van der Waals surface area contributed by atoms with Crippen LogP contribution in [0, 0.1) is 31.1 Å². The van der Waals surface area contributed by atoms with Crippen molar-refractivity contribution in [2.45, 2.75) is 45.2 Å². The van der Waals surface area contributed by atoms with Gasteiger partial charge in [-0.25, -0.2) is 13.1 Å². The van der Waals surface area contributed by atoms with Gasteiger partial charge in [0.15, 0.2) is 0 Å². The summed E-state index contributed by atoms with van der Waals surface area (Å²) in [5.74, 6) is 0.0310. The molecule has 1 heterocycles. The van der Waals surface area contributed by atoms with Crippen molar-refractivity contribution in [3.8, 4) is 6.07 Å². The smallest absolute Gasteiger partial charge is 0.243 e.